The minimum atomic E-state index is -0.332. The van der Waals surface area contributed by atoms with Crippen LogP contribution in [0.15, 0.2) is 18.2 Å². The molecule has 0 unspecified atom stereocenters. The van der Waals surface area contributed by atoms with Crippen molar-refractivity contribution in [1.82, 2.24) is 4.98 Å². The number of hydrogen-bond donors (Lipinski definition) is 2. The molecule has 1 aliphatic rings. The zero-order valence-electron chi connectivity index (χ0n) is 9.80. The molecule has 0 aliphatic heterocycles. The van der Waals surface area contributed by atoms with Crippen LogP contribution in [-0.2, 0) is 4.79 Å². The van der Waals surface area contributed by atoms with Crippen LogP contribution in [0.2, 0.25) is 0 Å². The number of pyridine rings is 1. The van der Waals surface area contributed by atoms with E-state index in [4.69, 9.17) is 11.5 Å². The zero-order valence-corrected chi connectivity index (χ0v) is 9.80. The zero-order chi connectivity index (χ0) is 12.3. The highest BCUT2D eigenvalue weighted by Crippen LogP contribution is 2.27. The third-order valence-corrected chi connectivity index (χ3v) is 3.14. The van der Waals surface area contributed by atoms with Gasteiger partial charge in [0, 0.05) is 6.04 Å². The number of primary amides is 1. The average Bonchev–Trinajstić information content (AvgIpc) is 2.79. The summed E-state index contributed by atoms with van der Waals surface area (Å²) in [6.07, 6.45) is 4.57. The van der Waals surface area contributed by atoms with Crippen molar-refractivity contribution in [3.8, 4) is 0 Å². The molecular formula is C12H18N4O. The summed E-state index contributed by atoms with van der Waals surface area (Å²) in [5.74, 6) is 0.881. The number of nitrogens with zero attached hydrogens (tertiary/aromatic N) is 2. The number of carbonyl (C=O) groups excluding carboxylic acids is 1. The normalized spacial score (nSPS) is 16.0. The summed E-state index contributed by atoms with van der Waals surface area (Å²) in [5, 5.41) is 0. The maximum Gasteiger partial charge on any atom is 0.237 e. The summed E-state index contributed by atoms with van der Waals surface area (Å²) in [6.45, 7) is 0.209. The van der Waals surface area contributed by atoms with Crippen molar-refractivity contribution in [3.05, 3.63) is 18.2 Å². The molecule has 5 nitrogen and oxygen atoms in total. The van der Waals surface area contributed by atoms with E-state index in [0.29, 0.717) is 11.9 Å². The van der Waals surface area contributed by atoms with E-state index < -0.39 is 0 Å². The highest BCUT2D eigenvalue weighted by atomic mass is 16.1. The first-order valence-electron chi connectivity index (χ1n) is 5.94. The first kappa shape index (κ1) is 11.7. The fraction of sp³-hybridized carbons (Fsp3) is 0.500. The lowest BCUT2D eigenvalue weighted by atomic mass is 10.2. The third-order valence-electron chi connectivity index (χ3n) is 3.14. The second-order valence-electron chi connectivity index (χ2n) is 4.45. The van der Waals surface area contributed by atoms with Gasteiger partial charge in [-0.1, -0.05) is 18.9 Å². The molecule has 2 rings (SSSR count). The number of carbonyl (C=O) groups is 1. The van der Waals surface area contributed by atoms with Crippen LogP contribution >= 0.6 is 0 Å². The average molecular weight is 234 g/mol. The Bertz CT molecular complexity index is 401. The van der Waals surface area contributed by atoms with Gasteiger partial charge in [0.25, 0.3) is 0 Å². The van der Waals surface area contributed by atoms with Gasteiger partial charge in [-0.25, -0.2) is 4.98 Å². The molecule has 92 valence electrons. The molecule has 5 heteroatoms. The molecule has 0 bridgehead atoms. The molecule has 17 heavy (non-hydrogen) atoms. The molecule has 0 aromatic carbocycles. The smallest absolute Gasteiger partial charge is 0.237 e. The summed E-state index contributed by atoms with van der Waals surface area (Å²) in [6, 6.07) is 5.82. The molecule has 0 spiro atoms. The molecule has 1 amide bonds. The minimum Gasteiger partial charge on any atom is -0.384 e. The molecule has 1 heterocycles. The van der Waals surface area contributed by atoms with E-state index in [2.05, 4.69) is 4.98 Å². The molecule has 1 aromatic rings. The lowest BCUT2D eigenvalue weighted by molar-refractivity contribution is -0.116. The van der Waals surface area contributed by atoms with Crippen molar-refractivity contribution in [1.29, 1.82) is 0 Å². The lowest BCUT2D eigenvalue weighted by Gasteiger charge is -2.28. The van der Waals surface area contributed by atoms with Crippen LogP contribution in [0.5, 0.6) is 0 Å². The second kappa shape index (κ2) is 5.03. The largest absolute Gasteiger partial charge is 0.384 e. The van der Waals surface area contributed by atoms with Crippen molar-refractivity contribution in [2.45, 2.75) is 31.7 Å². The summed E-state index contributed by atoms with van der Waals surface area (Å²) < 4.78 is 0. The van der Waals surface area contributed by atoms with Gasteiger partial charge in [-0.15, -0.1) is 0 Å². The second-order valence-corrected chi connectivity index (χ2v) is 4.45. The van der Waals surface area contributed by atoms with Crippen molar-refractivity contribution in [3.63, 3.8) is 0 Å². The maximum atomic E-state index is 11.1. The number of amides is 1. The van der Waals surface area contributed by atoms with Crippen molar-refractivity contribution < 1.29 is 4.79 Å². The van der Waals surface area contributed by atoms with E-state index in [1.807, 2.05) is 17.0 Å². The van der Waals surface area contributed by atoms with Gasteiger partial charge in [0.2, 0.25) is 5.91 Å². The number of aromatic nitrogens is 1. The van der Waals surface area contributed by atoms with Crippen molar-refractivity contribution in [2.24, 2.45) is 5.73 Å². The molecule has 1 saturated carbocycles. The predicted molar refractivity (Wildman–Crippen MR) is 67.4 cm³/mol. The van der Waals surface area contributed by atoms with Crippen LogP contribution in [0.1, 0.15) is 25.7 Å². The molecular weight excluding hydrogens is 216 g/mol. The fourth-order valence-electron chi connectivity index (χ4n) is 2.38. The monoisotopic (exact) mass is 234 g/mol. The van der Waals surface area contributed by atoms with E-state index in [-0.39, 0.29) is 12.5 Å². The topological polar surface area (TPSA) is 85.2 Å². The number of rotatable bonds is 4. The van der Waals surface area contributed by atoms with Crippen LogP contribution in [-0.4, -0.2) is 23.5 Å². The quantitative estimate of drug-likeness (QED) is 0.810. The van der Waals surface area contributed by atoms with E-state index in [1.165, 1.54) is 12.8 Å². The highest BCUT2D eigenvalue weighted by Gasteiger charge is 2.24. The Balaban J connectivity index is 2.22. The number of hydrogen-bond acceptors (Lipinski definition) is 4. The SMILES string of the molecule is NC(=O)CN(c1cccc(N)n1)C1CCCC1. The molecule has 0 radical (unpaired) electrons. The van der Waals surface area contributed by atoms with Crippen molar-refractivity contribution in [2.75, 3.05) is 17.2 Å². The molecule has 1 aromatic heterocycles. The van der Waals surface area contributed by atoms with Gasteiger partial charge in [-0.2, -0.15) is 0 Å². The van der Waals surface area contributed by atoms with Gasteiger partial charge in [0.05, 0.1) is 6.54 Å². The van der Waals surface area contributed by atoms with Gasteiger partial charge >= 0.3 is 0 Å². The van der Waals surface area contributed by atoms with Crippen LogP contribution in [0.4, 0.5) is 11.6 Å². The molecule has 1 fully saturated rings. The third kappa shape index (κ3) is 2.87. The van der Waals surface area contributed by atoms with Gasteiger partial charge in [-0.3, -0.25) is 4.79 Å². The predicted octanol–water partition coefficient (Wildman–Crippen LogP) is 0.898. The molecule has 1 aliphatic carbocycles. The molecule has 0 atom stereocenters. The van der Waals surface area contributed by atoms with Gasteiger partial charge in [0.1, 0.15) is 11.6 Å². The number of anilines is 2. The number of nitrogens with two attached hydrogens (primary N) is 2. The Labute approximate surface area is 101 Å². The van der Waals surface area contributed by atoms with Crippen LogP contribution in [0.25, 0.3) is 0 Å². The molecule has 4 N–H and O–H groups in total. The Morgan fingerprint density at radius 3 is 2.71 bits per heavy atom. The van der Waals surface area contributed by atoms with Crippen LogP contribution < -0.4 is 16.4 Å². The Morgan fingerprint density at radius 1 is 1.41 bits per heavy atom. The maximum absolute atomic E-state index is 11.1. The summed E-state index contributed by atoms with van der Waals surface area (Å²) in [5.41, 5.74) is 11.0. The number of nitrogen functional groups attached to an aromatic ring is 1. The van der Waals surface area contributed by atoms with E-state index >= 15 is 0 Å². The first-order chi connectivity index (χ1) is 8.16. The van der Waals surface area contributed by atoms with Crippen LogP contribution in [0.3, 0.4) is 0 Å². The molecule has 0 saturated heterocycles. The van der Waals surface area contributed by atoms with Gasteiger partial charge in [0.15, 0.2) is 0 Å². The van der Waals surface area contributed by atoms with E-state index in [9.17, 15) is 4.79 Å². The Kier molecular flexibility index (Phi) is 3.46. The fourth-order valence-corrected chi connectivity index (χ4v) is 2.38. The Hall–Kier alpha value is -1.78. The standard InChI is InChI=1S/C12H18N4O/c13-10-6-3-7-12(15-10)16(8-11(14)17)9-4-1-2-5-9/h3,6-7,9H,1-2,4-5,8H2,(H2,13,15)(H2,14,17). The van der Waals surface area contributed by atoms with E-state index in [1.54, 1.807) is 6.07 Å². The minimum absolute atomic E-state index is 0.209. The van der Waals surface area contributed by atoms with Gasteiger partial charge in [-0.05, 0) is 25.0 Å². The summed E-state index contributed by atoms with van der Waals surface area (Å²) in [7, 11) is 0. The van der Waals surface area contributed by atoms with E-state index in [0.717, 1.165) is 18.7 Å². The van der Waals surface area contributed by atoms with Gasteiger partial charge < -0.3 is 16.4 Å². The summed E-state index contributed by atoms with van der Waals surface area (Å²) >= 11 is 0. The van der Waals surface area contributed by atoms with Crippen molar-refractivity contribution >= 4 is 17.5 Å². The lowest BCUT2D eigenvalue weighted by Crippen LogP contribution is -2.40. The summed E-state index contributed by atoms with van der Waals surface area (Å²) in [4.78, 5) is 17.4. The Morgan fingerprint density at radius 2 is 2.12 bits per heavy atom. The van der Waals surface area contributed by atoms with Crippen LogP contribution in [0, 0.1) is 0 Å². The highest BCUT2D eigenvalue weighted by molar-refractivity contribution is 5.79. The first-order valence-corrected chi connectivity index (χ1v) is 5.94.